The van der Waals surface area contributed by atoms with E-state index in [1.54, 1.807) is 0 Å². The summed E-state index contributed by atoms with van der Waals surface area (Å²) in [5.41, 5.74) is 6.52. The Balaban J connectivity index is 2.14. The van der Waals surface area contributed by atoms with Crippen molar-refractivity contribution in [2.45, 2.75) is 76.9 Å². The molecule has 3 nitrogen and oxygen atoms in total. The normalized spacial score (nSPS) is 29.7. The van der Waals surface area contributed by atoms with Gasteiger partial charge in [-0.1, -0.05) is 26.7 Å². The van der Waals surface area contributed by atoms with Crippen LogP contribution in [0.25, 0.3) is 0 Å². The molecule has 2 aliphatic heterocycles. The molecule has 2 unspecified atom stereocenters. The molecule has 2 fully saturated rings. The van der Waals surface area contributed by atoms with E-state index in [4.69, 9.17) is 5.73 Å². The molecule has 0 bridgehead atoms. The second-order valence-corrected chi connectivity index (χ2v) is 6.72. The Morgan fingerprint density at radius 3 is 2.42 bits per heavy atom. The summed E-state index contributed by atoms with van der Waals surface area (Å²) < 4.78 is 0. The Morgan fingerprint density at radius 2 is 1.84 bits per heavy atom. The lowest BCUT2D eigenvalue weighted by Gasteiger charge is -2.52. The predicted octanol–water partition coefficient (Wildman–Crippen LogP) is 2.45. The Kier molecular flexibility index (Phi) is 5.27. The molecule has 112 valence electrons. The molecule has 0 radical (unpaired) electrons. The first-order valence-electron chi connectivity index (χ1n) is 8.37. The molecule has 2 heterocycles. The average Bonchev–Trinajstić information content (AvgIpc) is 2.84. The molecule has 0 aromatic carbocycles. The predicted molar refractivity (Wildman–Crippen MR) is 82.4 cm³/mol. The first-order chi connectivity index (χ1) is 9.16. The van der Waals surface area contributed by atoms with Gasteiger partial charge in [-0.3, -0.25) is 9.80 Å². The van der Waals surface area contributed by atoms with Gasteiger partial charge in [-0.05, 0) is 39.2 Å². The summed E-state index contributed by atoms with van der Waals surface area (Å²) in [4.78, 5) is 5.49. The molecule has 0 aliphatic carbocycles. The molecule has 0 aromatic rings. The monoisotopic (exact) mass is 267 g/mol. The van der Waals surface area contributed by atoms with Crippen LogP contribution in [-0.2, 0) is 0 Å². The van der Waals surface area contributed by atoms with Crippen molar-refractivity contribution in [2.24, 2.45) is 5.73 Å². The van der Waals surface area contributed by atoms with E-state index in [9.17, 15) is 0 Å². The van der Waals surface area contributed by atoms with Gasteiger partial charge in [0.2, 0.25) is 0 Å². The summed E-state index contributed by atoms with van der Waals surface area (Å²) in [6, 6.07) is 1.46. The molecule has 0 aromatic heterocycles. The van der Waals surface area contributed by atoms with Crippen molar-refractivity contribution in [1.82, 2.24) is 9.80 Å². The molecule has 0 spiro atoms. The number of nitrogens with two attached hydrogens (primary N) is 1. The Labute approximate surface area is 119 Å². The van der Waals surface area contributed by atoms with Crippen molar-refractivity contribution >= 4 is 0 Å². The molecule has 2 atom stereocenters. The van der Waals surface area contributed by atoms with Gasteiger partial charge in [0.05, 0.1) is 0 Å². The fraction of sp³-hybridized carbons (Fsp3) is 1.00. The van der Waals surface area contributed by atoms with Crippen molar-refractivity contribution in [3.63, 3.8) is 0 Å². The summed E-state index contributed by atoms with van der Waals surface area (Å²) in [6.45, 7) is 11.7. The van der Waals surface area contributed by atoms with Crippen LogP contribution in [0.5, 0.6) is 0 Å². The van der Waals surface area contributed by atoms with E-state index < -0.39 is 0 Å². The molecule has 2 aliphatic rings. The molecule has 19 heavy (non-hydrogen) atoms. The quantitative estimate of drug-likeness (QED) is 0.802. The molecular weight excluding hydrogens is 234 g/mol. The Morgan fingerprint density at radius 1 is 1.16 bits per heavy atom. The van der Waals surface area contributed by atoms with Gasteiger partial charge in [-0.2, -0.15) is 0 Å². The molecule has 0 amide bonds. The van der Waals surface area contributed by atoms with E-state index >= 15 is 0 Å². The van der Waals surface area contributed by atoms with Crippen LogP contribution in [-0.4, -0.2) is 53.6 Å². The van der Waals surface area contributed by atoms with Crippen molar-refractivity contribution < 1.29 is 0 Å². The molecular formula is C16H33N3. The van der Waals surface area contributed by atoms with Crippen molar-refractivity contribution in [2.75, 3.05) is 26.2 Å². The summed E-state index contributed by atoms with van der Waals surface area (Å²) in [5, 5.41) is 0. The fourth-order valence-electron chi connectivity index (χ4n) is 4.51. The van der Waals surface area contributed by atoms with E-state index in [2.05, 4.69) is 30.6 Å². The number of nitrogens with zero attached hydrogens (tertiary/aromatic N) is 2. The van der Waals surface area contributed by atoms with E-state index in [0.717, 1.165) is 12.6 Å². The summed E-state index contributed by atoms with van der Waals surface area (Å²) >= 11 is 0. The lowest BCUT2D eigenvalue weighted by Crippen LogP contribution is -2.65. The Hall–Kier alpha value is -0.120. The summed E-state index contributed by atoms with van der Waals surface area (Å²) in [6.07, 6.45) is 7.79. The third-order valence-electron chi connectivity index (χ3n) is 5.36. The van der Waals surface area contributed by atoms with Gasteiger partial charge in [0.25, 0.3) is 0 Å². The molecule has 2 rings (SSSR count). The smallest absolute Gasteiger partial charge is 0.0335 e. The molecule has 0 saturated carbocycles. The highest BCUT2D eigenvalue weighted by Crippen LogP contribution is 2.34. The van der Waals surface area contributed by atoms with Crippen LogP contribution < -0.4 is 5.73 Å². The SMILES string of the molecule is CCCC(CN)(CCC)N1CC2CCCN2CC1C. The zero-order valence-electron chi connectivity index (χ0n) is 13.2. The number of hydrogen-bond donors (Lipinski definition) is 1. The van der Waals surface area contributed by atoms with Crippen LogP contribution in [0.1, 0.15) is 59.3 Å². The lowest BCUT2D eigenvalue weighted by atomic mass is 9.84. The zero-order valence-corrected chi connectivity index (χ0v) is 13.2. The van der Waals surface area contributed by atoms with Gasteiger partial charge in [0, 0.05) is 37.3 Å². The second-order valence-electron chi connectivity index (χ2n) is 6.72. The van der Waals surface area contributed by atoms with Gasteiger partial charge in [0.1, 0.15) is 0 Å². The van der Waals surface area contributed by atoms with E-state index in [0.29, 0.717) is 6.04 Å². The highest BCUT2D eigenvalue weighted by molar-refractivity contribution is 5.00. The number of fused-ring (bicyclic) bond motifs is 1. The maximum Gasteiger partial charge on any atom is 0.0335 e. The molecule has 2 saturated heterocycles. The second kappa shape index (κ2) is 6.55. The van der Waals surface area contributed by atoms with E-state index in [-0.39, 0.29) is 5.54 Å². The first kappa shape index (κ1) is 15.3. The topological polar surface area (TPSA) is 32.5 Å². The fourth-order valence-corrected chi connectivity index (χ4v) is 4.51. The average molecular weight is 267 g/mol. The zero-order chi connectivity index (χ0) is 13.9. The summed E-state index contributed by atoms with van der Waals surface area (Å²) in [5.74, 6) is 0. The highest BCUT2D eigenvalue weighted by Gasteiger charge is 2.43. The third-order valence-corrected chi connectivity index (χ3v) is 5.36. The minimum absolute atomic E-state index is 0.262. The van der Waals surface area contributed by atoms with Gasteiger partial charge in [0.15, 0.2) is 0 Å². The maximum atomic E-state index is 6.25. The minimum atomic E-state index is 0.262. The van der Waals surface area contributed by atoms with Crippen LogP contribution in [0.2, 0.25) is 0 Å². The number of rotatable bonds is 6. The highest BCUT2D eigenvalue weighted by atomic mass is 15.3. The third kappa shape index (κ3) is 2.98. The van der Waals surface area contributed by atoms with Crippen molar-refractivity contribution in [3.05, 3.63) is 0 Å². The van der Waals surface area contributed by atoms with Crippen molar-refractivity contribution in [1.29, 1.82) is 0 Å². The van der Waals surface area contributed by atoms with E-state index in [1.165, 1.54) is 58.2 Å². The van der Waals surface area contributed by atoms with Crippen LogP contribution in [0.3, 0.4) is 0 Å². The van der Waals surface area contributed by atoms with Gasteiger partial charge in [-0.15, -0.1) is 0 Å². The standard InChI is InChI=1S/C16H33N3/c1-4-8-16(13-17,9-5-2)19-12-15-7-6-10-18(15)11-14(19)3/h14-15H,4-13,17H2,1-3H3. The van der Waals surface area contributed by atoms with Crippen LogP contribution >= 0.6 is 0 Å². The number of hydrogen-bond acceptors (Lipinski definition) is 3. The molecule has 3 heteroatoms. The lowest BCUT2D eigenvalue weighted by molar-refractivity contribution is -0.0295. The minimum Gasteiger partial charge on any atom is -0.329 e. The van der Waals surface area contributed by atoms with Gasteiger partial charge < -0.3 is 5.73 Å². The Bertz CT molecular complexity index is 273. The van der Waals surface area contributed by atoms with E-state index in [1.807, 2.05) is 0 Å². The van der Waals surface area contributed by atoms with Crippen LogP contribution in [0.15, 0.2) is 0 Å². The van der Waals surface area contributed by atoms with Crippen LogP contribution in [0.4, 0.5) is 0 Å². The largest absolute Gasteiger partial charge is 0.329 e. The first-order valence-corrected chi connectivity index (χ1v) is 8.37. The molecule has 2 N–H and O–H groups in total. The number of piperazine rings is 1. The van der Waals surface area contributed by atoms with Gasteiger partial charge >= 0.3 is 0 Å². The summed E-state index contributed by atoms with van der Waals surface area (Å²) in [7, 11) is 0. The van der Waals surface area contributed by atoms with Gasteiger partial charge in [-0.25, -0.2) is 0 Å². The van der Waals surface area contributed by atoms with Crippen LogP contribution in [0, 0.1) is 0 Å². The maximum absolute atomic E-state index is 6.25. The van der Waals surface area contributed by atoms with Crippen molar-refractivity contribution in [3.8, 4) is 0 Å².